The van der Waals surface area contributed by atoms with Gasteiger partial charge >= 0.3 is 0 Å². The quantitative estimate of drug-likeness (QED) is 0.654. The maximum Gasteiger partial charge on any atom is 0.233 e. The molecule has 8 heteroatoms. The van der Waals surface area contributed by atoms with Crippen LogP contribution in [0, 0.1) is 17.5 Å². The average Bonchev–Trinajstić information content (AvgIpc) is 2.54. The number of aromatic nitrogens is 1. The normalized spacial score (nSPS) is 10.2. The summed E-state index contributed by atoms with van der Waals surface area (Å²) in [5.74, 6) is -6.03. The molecule has 0 aliphatic heterocycles. The summed E-state index contributed by atoms with van der Waals surface area (Å²) in [4.78, 5) is 27.1. The summed E-state index contributed by atoms with van der Waals surface area (Å²) in [7, 11) is 0. The Kier molecular flexibility index (Phi) is 5.29. The molecule has 120 valence electrons. The largest absolute Gasteiger partial charge is 0.352 e. The van der Waals surface area contributed by atoms with Crippen LogP contribution in [0.3, 0.4) is 0 Å². The van der Waals surface area contributed by atoms with Crippen molar-refractivity contribution in [3.05, 3.63) is 59.7 Å². The van der Waals surface area contributed by atoms with Gasteiger partial charge in [0.1, 0.15) is 6.42 Å². The highest BCUT2D eigenvalue weighted by Gasteiger charge is 2.16. The first-order chi connectivity index (χ1) is 11.0. The summed E-state index contributed by atoms with van der Waals surface area (Å²) in [6.45, 7) is 0.180. The number of anilines is 1. The van der Waals surface area contributed by atoms with E-state index in [1.54, 1.807) is 24.5 Å². The van der Waals surface area contributed by atoms with E-state index in [2.05, 4.69) is 10.3 Å². The van der Waals surface area contributed by atoms with E-state index < -0.39 is 41.4 Å². The van der Waals surface area contributed by atoms with E-state index in [1.165, 1.54) is 0 Å². The van der Waals surface area contributed by atoms with Crippen molar-refractivity contribution in [2.24, 2.45) is 0 Å². The molecule has 0 aliphatic carbocycles. The number of rotatable bonds is 5. The molecule has 1 aromatic carbocycles. The first-order valence-corrected chi connectivity index (χ1v) is 6.56. The summed E-state index contributed by atoms with van der Waals surface area (Å²) in [6.07, 6.45) is 2.55. The third-order valence-corrected chi connectivity index (χ3v) is 2.84. The van der Waals surface area contributed by atoms with Crippen LogP contribution in [0.5, 0.6) is 0 Å². The van der Waals surface area contributed by atoms with Gasteiger partial charge in [-0.3, -0.25) is 14.6 Å². The van der Waals surface area contributed by atoms with Gasteiger partial charge in [-0.1, -0.05) is 6.07 Å². The second kappa shape index (κ2) is 7.39. The third kappa shape index (κ3) is 4.53. The summed E-state index contributed by atoms with van der Waals surface area (Å²) >= 11 is 0. The molecule has 0 atom stereocenters. The number of carbonyl (C=O) groups excluding carboxylic acids is 2. The Morgan fingerprint density at radius 3 is 2.52 bits per heavy atom. The van der Waals surface area contributed by atoms with Gasteiger partial charge < -0.3 is 10.6 Å². The zero-order chi connectivity index (χ0) is 16.8. The summed E-state index contributed by atoms with van der Waals surface area (Å²) in [5, 5.41) is 4.50. The number of nitrogens with one attached hydrogen (secondary N) is 2. The number of pyridine rings is 1. The number of carbonyl (C=O) groups is 2. The van der Waals surface area contributed by atoms with Crippen LogP contribution in [0.15, 0.2) is 36.7 Å². The van der Waals surface area contributed by atoms with Gasteiger partial charge in [0.25, 0.3) is 0 Å². The standard InChI is InChI=1S/C15H12F3N3O2/c16-10-3-4-11(15(18)14(10)17)21-13(23)6-12(22)20-8-9-2-1-5-19-7-9/h1-5,7H,6,8H2,(H,20,22)(H,21,23). The lowest BCUT2D eigenvalue weighted by Crippen LogP contribution is -2.28. The molecule has 0 spiro atoms. The lowest BCUT2D eigenvalue weighted by Gasteiger charge is -2.08. The van der Waals surface area contributed by atoms with Crippen LogP contribution in [-0.4, -0.2) is 16.8 Å². The topological polar surface area (TPSA) is 71.1 Å². The molecule has 0 aliphatic rings. The van der Waals surface area contributed by atoms with Crippen LogP contribution in [0.4, 0.5) is 18.9 Å². The molecule has 0 bridgehead atoms. The van der Waals surface area contributed by atoms with Crippen molar-refractivity contribution in [3.8, 4) is 0 Å². The lowest BCUT2D eigenvalue weighted by molar-refractivity contribution is -0.126. The van der Waals surface area contributed by atoms with Crippen molar-refractivity contribution in [2.75, 3.05) is 5.32 Å². The van der Waals surface area contributed by atoms with Gasteiger partial charge in [0.05, 0.1) is 5.69 Å². The van der Waals surface area contributed by atoms with Gasteiger partial charge in [0.15, 0.2) is 17.5 Å². The molecule has 0 unspecified atom stereocenters. The molecule has 0 radical (unpaired) electrons. The van der Waals surface area contributed by atoms with Gasteiger partial charge in [-0.05, 0) is 23.8 Å². The number of halogens is 3. The number of amides is 2. The van der Waals surface area contributed by atoms with Crippen molar-refractivity contribution < 1.29 is 22.8 Å². The maximum absolute atomic E-state index is 13.4. The fourth-order valence-corrected chi connectivity index (χ4v) is 1.73. The Labute approximate surface area is 129 Å². The van der Waals surface area contributed by atoms with Gasteiger partial charge in [0.2, 0.25) is 11.8 Å². The van der Waals surface area contributed by atoms with Crippen molar-refractivity contribution >= 4 is 17.5 Å². The van der Waals surface area contributed by atoms with E-state index in [-0.39, 0.29) is 6.54 Å². The Bertz CT molecular complexity index is 723. The molecule has 1 aromatic heterocycles. The number of hydrogen-bond donors (Lipinski definition) is 2. The highest BCUT2D eigenvalue weighted by atomic mass is 19.2. The molecule has 1 heterocycles. The Hall–Kier alpha value is -2.90. The van der Waals surface area contributed by atoms with Crippen LogP contribution in [0.2, 0.25) is 0 Å². The van der Waals surface area contributed by atoms with Crippen molar-refractivity contribution in [1.29, 1.82) is 0 Å². The van der Waals surface area contributed by atoms with Crippen LogP contribution < -0.4 is 10.6 Å². The molecule has 0 saturated heterocycles. The molecule has 0 fully saturated rings. The van der Waals surface area contributed by atoms with Crippen LogP contribution >= 0.6 is 0 Å². The summed E-state index contributed by atoms with van der Waals surface area (Å²) in [5.41, 5.74) is 0.210. The fraction of sp³-hybridized carbons (Fsp3) is 0.133. The van der Waals surface area contributed by atoms with E-state index in [1.807, 2.05) is 5.32 Å². The van der Waals surface area contributed by atoms with E-state index in [4.69, 9.17) is 0 Å². The zero-order valence-corrected chi connectivity index (χ0v) is 11.8. The Morgan fingerprint density at radius 2 is 1.83 bits per heavy atom. The predicted octanol–water partition coefficient (Wildman–Crippen LogP) is 2.14. The second-order valence-electron chi connectivity index (χ2n) is 4.59. The van der Waals surface area contributed by atoms with Crippen LogP contribution in [0.25, 0.3) is 0 Å². The molecular formula is C15H12F3N3O2. The average molecular weight is 323 g/mol. The first kappa shape index (κ1) is 16.5. The predicted molar refractivity (Wildman–Crippen MR) is 75.6 cm³/mol. The molecule has 2 N–H and O–H groups in total. The lowest BCUT2D eigenvalue weighted by atomic mass is 10.2. The first-order valence-electron chi connectivity index (χ1n) is 6.56. The Morgan fingerprint density at radius 1 is 1.04 bits per heavy atom. The molecule has 2 amide bonds. The van der Waals surface area contributed by atoms with Crippen molar-refractivity contribution in [2.45, 2.75) is 13.0 Å². The molecule has 23 heavy (non-hydrogen) atoms. The molecule has 2 rings (SSSR count). The number of nitrogens with zero attached hydrogens (tertiary/aromatic N) is 1. The molecular weight excluding hydrogens is 311 g/mol. The van der Waals surface area contributed by atoms with Gasteiger partial charge in [-0.2, -0.15) is 0 Å². The zero-order valence-electron chi connectivity index (χ0n) is 11.8. The summed E-state index contributed by atoms with van der Waals surface area (Å²) in [6, 6.07) is 4.99. The molecule has 2 aromatic rings. The van der Waals surface area contributed by atoms with E-state index in [9.17, 15) is 22.8 Å². The van der Waals surface area contributed by atoms with Gasteiger partial charge in [-0.25, -0.2) is 13.2 Å². The minimum absolute atomic E-state index is 0.180. The smallest absolute Gasteiger partial charge is 0.233 e. The monoisotopic (exact) mass is 323 g/mol. The second-order valence-corrected chi connectivity index (χ2v) is 4.59. The van der Waals surface area contributed by atoms with Crippen molar-refractivity contribution in [1.82, 2.24) is 10.3 Å². The Balaban J connectivity index is 1.87. The van der Waals surface area contributed by atoms with E-state index in [0.29, 0.717) is 6.07 Å². The third-order valence-electron chi connectivity index (χ3n) is 2.84. The fourth-order valence-electron chi connectivity index (χ4n) is 1.73. The van der Waals surface area contributed by atoms with Crippen LogP contribution in [-0.2, 0) is 16.1 Å². The SMILES string of the molecule is O=C(CC(=O)Nc1ccc(F)c(F)c1F)NCc1cccnc1. The molecule has 0 saturated carbocycles. The van der Waals surface area contributed by atoms with Gasteiger partial charge in [0, 0.05) is 18.9 Å². The van der Waals surface area contributed by atoms with Gasteiger partial charge in [-0.15, -0.1) is 0 Å². The van der Waals surface area contributed by atoms with E-state index in [0.717, 1.165) is 11.6 Å². The highest BCUT2D eigenvalue weighted by molar-refractivity contribution is 6.03. The maximum atomic E-state index is 13.4. The van der Waals surface area contributed by atoms with Crippen molar-refractivity contribution in [3.63, 3.8) is 0 Å². The van der Waals surface area contributed by atoms with E-state index >= 15 is 0 Å². The number of benzene rings is 1. The molecule has 5 nitrogen and oxygen atoms in total. The summed E-state index contributed by atoms with van der Waals surface area (Å²) < 4.78 is 39.2. The minimum Gasteiger partial charge on any atom is -0.352 e. The minimum atomic E-state index is -1.69. The van der Waals surface area contributed by atoms with Crippen LogP contribution in [0.1, 0.15) is 12.0 Å². The highest BCUT2D eigenvalue weighted by Crippen LogP contribution is 2.19. The number of hydrogen-bond acceptors (Lipinski definition) is 3.